The molecule has 0 saturated heterocycles. The molecule has 2 aromatic rings. The number of anilines is 1. The molecule has 2 rings (SSSR count). The lowest BCUT2D eigenvalue weighted by molar-refractivity contribution is -0.116. The maximum atomic E-state index is 13.4. The van der Waals surface area contributed by atoms with Gasteiger partial charge >= 0.3 is 0 Å². The Balaban J connectivity index is 1.83. The molecule has 2 amide bonds. The van der Waals surface area contributed by atoms with E-state index in [1.54, 1.807) is 24.3 Å². The Hall–Kier alpha value is -3.00. The molecule has 0 aliphatic carbocycles. The highest BCUT2D eigenvalue weighted by Gasteiger charge is 2.12. The number of para-hydroxylation sites is 1. The lowest BCUT2D eigenvalue weighted by Crippen LogP contribution is -2.30. The van der Waals surface area contributed by atoms with Crippen LogP contribution in [0, 0.1) is 11.6 Å². The maximum absolute atomic E-state index is 13.4. The second kappa shape index (κ2) is 10.2. The number of rotatable bonds is 9. The quantitative estimate of drug-likeness (QED) is 0.585. The van der Waals surface area contributed by atoms with Gasteiger partial charge in [0.25, 0.3) is 5.91 Å². The Bertz CT molecular complexity index is 800. The number of carbonyl (C=O) groups is 2. The normalized spacial score (nSPS) is 10.3. The van der Waals surface area contributed by atoms with Crippen molar-refractivity contribution in [3.8, 4) is 5.75 Å². The zero-order chi connectivity index (χ0) is 19.6. The fourth-order valence-electron chi connectivity index (χ4n) is 2.29. The van der Waals surface area contributed by atoms with Gasteiger partial charge < -0.3 is 21.1 Å². The summed E-state index contributed by atoms with van der Waals surface area (Å²) in [5, 5.41) is 5.32. The third kappa shape index (κ3) is 6.34. The van der Waals surface area contributed by atoms with Crippen LogP contribution < -0.4 is 21.1 Å². The van der Waals surface area contributed by atoms with Crippen molar-refractivity contribution < 1.29 is 23.1 Å². The Morgan fingerprint density at radius 2 is 1.89 bits per heavy atom. The summed E-state index contributed by atoms with van der Waals surface area (Å²) < 4.78 is 31.5. The molecule has 4 N–H and O–H groups in total. The molecule has 2 aromatic carbocycles. The highest BCUT2D eigenvalue weighted by atomic mass is 19.1. The maximum Gasteiger partial charge on any atom is 0.253 e. The van der Waals surface area contributed by atoms with Gasteiger partial charge in [-0.25, -0.2) is 8.78 Å². The number of ether oxygens (including phenoxy) is 1. The second-order valence-corrected chi connectivity index (χ2v) is 5.67. The minimum absolute atomic E-state index is 0.0706. The highest BCUT2D eigenvalue weighted by Crippen LogP contribution is 2.18. The number of amides is 2. The average molecular weight is 377 g/mol. The van der Waals surface area contributed by atoms with E-state index in [1.165, 1.54) is 6.07 Å². The zero-order valence-electron chi connectivity index (χ0n) is 14.6. The molecule has 0 aliphatic heterocycles. The van der Waals surface area contributed by atoms with Gasteiger partial charge in [0.05, 0.1) is 17.9 Å². The summed E-state index contributed by atoms with van der Waals surface area (Å²) in [5.41, 5.74) is 6.09. The largest absolute Gasteiger partial charge is 0.491 e. The van der Waals surface area contributed by atoms with Crippen LogP contribution in [0.5, 0.6) is 5.75 Å². The first-order chi connectivity index (χ1) is 13.0. The van der Waals surface area contributed by atoms with Crippen LogP contribution in [0.4, 0.5) is 14.5 Å². The number of benzene rings is 2. The molecule has 0 fully saturated rings. The number of hydrogen-bond donors (Lipinski definition) is 3. The van der Waals surface area contributed by atoms with E-state index >= 15 is 0 Å². The van der Waals surface area contributed by atoms with Crippen molar-refractivity contribution in [1.29, 1.82) is 0 Å². The van der Waals surface area contributed by atoms with Crippen LogP contribution in [0.2, 0.25) is 0 Å². The number of nitrogens with one attached hydrogen (secondary N) is 2. The van der Waals surface area contributed by atoms with Gasteiger partial charge in [-0.1, -0.05) is 12.1 Å². The molecule has 144 valence electrons. The van der Waals surface area contributed by atoms with Gasteiger partial charge in [-0.15, -0.1) is 0 Å². The Kier molecular flexibility index (Phi) is 7.69. The molecular formula is C19H21F2N3O3. The molecule has 8 heteroatoms. The number of nitrogens with two attached hydrogens (primary N) is 1. The molecule has 0 heterocycles. The smallest absolute Gasteiger partial charge is 0.253 e. The first-order valence-electron chi connectivity index (χ1n) is 8.46. The molecule has 0 atom stereocenters. The monoisotopic (exact) mass is 377 g/mol. The summed E-state index contributed by atoms with van der Waals surface area (Å²) in [5.74, 6) is -2.19. The third-order valence-electron chi connectivity index (χ3n) is 3.58. The Morgan fingerprint density at radius 1 is 1.11 bits per heavy atom. The van der Waals surface area contributed by atoms with E-state index in [-0.39, 0.29) is 30.6 Å². The molecule has 0 unspecified atom stereocenters. The standard InChI is InChI=1S/C19H21F2N3O3/c20-13-7-8-17(15(21)12-13)27-11-3-6-18(25)24-16-5-2-1-4-14(16)19(26)23-10-9-22/h1-2,4-5,7-8,12H,3,6,9-11,22H2,(H,23,26)(H,24,25). The van der Waals surface area contributed by atoms with Crippen LogP contribution in [0.3, 0.4) is 0 Å². The number of hydrogen-bond acceptors (Lipinski definition) is 4. The van der Waals surface area contributed by atoms with Gasteiger partial charge in [-0.3, -0.25) is 9.59 Å². The van der Waals surface area contributed by atoms with Crippen molar-refractivity contribution in [2.45, 2.75) is 12.8 Å². The first-order valence-corrected chi connectivity index (χ1v) is 8.46. The lowest BCUT2D eigenvalue weighted by atomic mass is 10.1. The van der Waals surface area contributed by atoms with E-state index in [2.05, 4.69) is 10.6 Å². The van der Waals surface area contributed by atoms with Gasteiger partial charge in [0.1, 0.15) is 5.82 Å². The van der Waals surface area contributed by atoms with Gasteiger partial charge in [0, 0.05) is 25.6 Å². The van der Waals surface area contributed by atoms with E-state index in [9.17, 15) is 18.4 Å². The molecule has 0 aliphatic rings. The van der Waals surface area contributed by atoms with E-state index < -0.39 is 11.6 Å². The SMILES string of the molecule is NCCNC(=O)c1ccccc1NC(=O)CCCOc1ccc(F)cc1F. The van der Waals surface area contributed by atoms with Gasteiger partial charge in [-0.2, -0.15) is 0 Å². The average Bonchev–Trinajstić information content (AvgIpc) is 2.65. The fraction of sp³-hybridized carbons (Fsp3) is 0.263. The van der Waals surface area contributed by atoms with Crippen LogP contribution >= 0.6 is 0 Å². The lowest BCUT2D eigenvalue weighted by Gasteiger charge is -2.11. The third-order valence-corrected chi connectivity index (χ3v) is 3.58. The Morgan fingerprint density at radius 3 is 2.63 bits per heavy atom. The topological polar surface area (TPSA) is 93.5 Å². The predicted molar refractivity (Wildman–Crippen MR) is 97.5 cm³/mol. The zero-order valence-corrected chi connectivity index (χ0v) is 14.6. The first kappa shape index (κ1) is 20.3. The summed E-state index contributed by atoms with van der Waals surface area (Å²) in [6.45, 7) is 0.738. The Labute approximate surface area is 155 Å². The van der Waals surface area contributed by atoms with Crippen molar-refractivity contribution in [1.82, 2.24) is 5.32 Å². The minimum Gasteiger partial charge on any atom is -0.491 e. The molecule has 27 heavy (non-hydrogen) atoms. The van der Waals surface area contributed by atoms with Crippen LogP contribution in [0.1, 0.15) is 23.2 Å². The molecule has 6 nitrogen and oxygen atoms in total. The van der Waals surface area contributed by atoms with Crippen LogP contribution in [0.25, 0.3) is 0 Å². The molecule has 0 bridgehead atoms. The molecule has 0 aromatic heterocycles. The van der Waals surface area contributed by atoms with E-state index in [4.69, 9.17) is 10.5 Å². The summed E-state index contributed by atoms with van der Waals surface area (Å²) >= 11 is 0. The summed E-state index contributed by atoms with van der Waals surface area (Å²) in [6, 6.07) is 9.64. The van der Waals surface area contributed by atoms with E-state index in [0.29, 0.717) is 30.8 Å². The van der Waals surface area contributed by atoms with Crippen LogP contribution in [-0.2, 0) is 4.79 Å². The van der Waals surface area contributed by atoms with Crippen molar-refractivity contribution in [2.75, 3.05) is 25.0 Å². The van der Waals surface area contributed by atoms with Crippen LogP contribution in [0.15, 0.2) is 42.5 Å². The summed E-state index contributed by atoms with van der Waals surface area (Å²) in [4.78, 5) is 24.2. The van der Waals surface area contributed by atoms with Crippen molar-refractivity contribution >= 4 is 17.5 Å². The minimum atomic E-state index is -0.795. The number of halogens is 2. The molecule has 0 radical (unpaired) electrons. The molecule has 0 saturated carbocycles. The molecular weight excluding hydrogens is 356 g/mol. The second-order valence-electron chi connectivity index (χ2n) is 5.67. The number of carbonyl (C=O) groups excluding carboxylic acids is 2. The molecule has 0 spiro atoms. The van der Waals surface area contributed by atoms with Crippen molar-refractivity contribution in [3.05, 3.63) is 59.7 Å². The summed E-state index contributed by atoms with van der Waals surface area (Å²) in [6.07, 6.45) is 0.436. The van der Waals surface area contributed by atoms with Crippen molar-refractivity contribution in [2.24, 2.45) is 5.73 Å². The van der Waals surface area contributed by atoms with Gasteiger partial charge in [0.2, 0.25) is 5.91 Å². The highest BCUT2D eigenvalue weighted by molar-refractivity contribution is 6.03. The van der Waals surface area contributed by atoms with Gasteiger partial charge in [0.15, 0.2) is 11.6 Å². The predicted octanol–water partition coefficient (Wildman–Crippen LogP) is 2.45. The van der Waals surface area contributed by atoms with Crippen LogP contribution in [-0.4, -0.2) is 31.5 Å². The summed E-state index contributed by atoms with van der Waals surface area (Å²) in [7, 11) is 0. The van der Waals surface area contributed by atoms with E-state index in [0.717, 1.165) is 12.1 Å². The fourth-order valence-corrected chi connectivity index (χ4v) is 2.29. The van der Waals surface area contributed by atoms with Crippen molar-refractivity contribution in [3.63, 3.8) is 0 Å². The van der Waals surface area contributed by atoms with Gasteiger partial charge in [-0.05, 0) is 30.7 Å². The van der Waals surface area contributed by atoms with E-state index in [1.807, 2.05) is 0 Å².